The molecule has 0 saturated heterocycles. The van der Waals surface area contributed by atoms with Gasteiger partial charge in [0.15, 0.2) is 10.3 Å². The summed E-state index contributed by atoms with van der Waals surface area (Å²) in [6.45, 7) is 4.02. The van der Waals surface area contributed by atoms with E-state index in [9.17, 15) is 0 Å². The van der Waals surface area contributed by atoms with Crippen molar-refractivity contribution in [1.82, 2.24) is 9.97 Å². The lowest BCUT2D eigenvalue weighted by molar-refractivity contribution is 0.752. The molecule has 6 heteroatoms. The van der Waals surface area contributed by atoms with E-state index in [-0.39, 0.29) is 21.9 Å². The van der Waals surface area contributed by atoms with Crippen molar-refractivity contribution >= 4 is 29.2 Å². The molecule has 1 N–H and O–H groups in total. The Morgan fingerprint density at radius 1 is 1.40 bits per heavy atom. The maximum Gasteiger partial charge on any atom is 0.225 e. The summed E-state index contributed by atoms with van der Waals surface area (Å²) in [5.74, 6) is 0.346. The zero-order chi connectivity index (χ0) is 11.4. The van der Waals surface area contributed by atoms with Crippen LogP contribution in [0.5, 0.6) is 0 Å². The van der Waals surface area contributed by atoms with Gasteiger partial charge in [-0.25, -0.2) is 0 Å². The van der Waals surface area contributed by atoms with Crippen LogP contribution in [0.15, 0.2) is 0 Å². The first-order valence-corrected chi connectivity index (χ1v) is 5.23. The van der Waals surface area contributed by atoms with E-state index < -0.39 is 0 Å². The Balaban J connectivity index is 3.00. The highest BCUT2D eigenvalue weighted by Gasteiger charge is 2.11. The molecule has 0 fully saturated rings. The molecule has 1 heterocycles. The van der Waals surface area contributed by atoms with Crippen LogP contribution in [-0.4, -0.2) is 16.0 Å². The Labute approximate surface area is 98.2 Å². The second-order valence-corrected chi connectivity index (χ2v) is 3.79. The van der Waals surface area contributed by atoms with Gasteiger partial charge in [-0.1, -0.05) is 30.1 Å². The Hall–Kier alpha value is -1.05. The van der Waals surface area contributed by atoms with Crippen LogP contribution in [0.2, 0.25) is 10.3 Å². The molecule has 0 saturated carbocycles. The molecule has 0 amide bonds. The number of nitrogens with zero attached hydrogens (tertiary/aromatic N) is 3. The third kappa shape index (κ3) is 2.95. The van der Waals surface area contributed by atoms with Gasteiger partial charge in [0, 0.05) is 6.04 Å². The van der Waals surface area contributed by atoms with Gasteiger partial charge in [-0.05, 0) is 13.3 Å². The third-order valence-corrected chi connectivity index (χ3v) is 2.47. The molecular weight excluding hydrogens is 235 g/mol. The smallest absolute Gasteiger partial charge is 0.225 e. The van der Waals surface area contributed by atoms with Crippen LogP contribution in [0.4, 0.5) is 5.95 Å². The molecule has 80 valence electrons. The van der Waals surface area contributed by atoms with Crippen LogP contribution in [0, 0.1) is 11.3 Å². The lowest BCUT2D eigenvalue weighted by atomic mass is 10.3. The zero-order valence-corrected chi connectivity index (χ0v) is 9.89. The molecule has 0 radical (unpaired) electrons. The summed E-state index contributed by atoms with van der Waals surface area (Å²) in [4.78, 5) is 7.86. The van der Waals surface area contributed by atoms with E-state index in [0.29, 0.717) is 5.95 Å². The number of anilines is 1. The molecule has 0 spiro atoms. The third-order valence-electron chi connectivity index (χ3n) is 1.92. The van der Waals surface area contributed by atoms with Crippen LogP contribution >= 0.6 is 23.2 Å². The fourth-order valence-corrected chi connectivity index (χ4v) is 1.36. The van der Waals surface area contributed by atoms with Crippen molar-refractivity contribution < 1.29 is 0 Å². The number of nitriles is 1. The summed E-state index contributed by atoms with van der Waals surface area (Å²) < 4.78 is 0. The second-order valence-electron chi connectivity index (χ2n) is 3.07. The summed E-state index contributed by atoms with van der Waals surface area (Å²) in [5.41, 5.74) is 0.105. The minimum Gasteiger partial charge on any atom is -0.352 e. The van der Waals surface area contributed by atoms with Gasteiger partial charge in [0.1, 0.15) is 11.6 Å². The number of halogens is 2. The van der Waals surface area contributed by atoms with Crippen molar-refractivity contribution in [2.45, 2.75) is 26.3 Å². The van der Waals surface area contributed by atoms with Gasteiger partial charge >= 0.3 is 0 Å². The zero-order valence-electron chi connectivity index (χ0n) is 8.38. The molecule has 15 heavy (non-hydrogen) atoms. The molecule has 0 aromatic carbocycles. The normalized spacial score (nSPS) is 11.9. The average Bonchev–Trinajstić information content (AvgIpc) is 2.17. The number of aromatic nitrogens is 2. The minimum atomic E-state index is 0.0725. The lowest BCUT2D eigenvalue weighted by Gasteiger charge is -2.11. The van der Waals surface area contributed by atoms with Crippen molar-refractivity contribution in [2.75, 3.05) is 5.32 Å². The fourth-order valence-electron chi connectivity index (χ4n) is 0.887. The largest absolute Gasteiger partial charge is 0.352 e. The van der Waals surface area contributed by atoms with E-state index in [2.05, 4.69) is 15.3 Å². The van der Waals surface area contributed by atoms with Crippen LogP contribution in [0.1, 0.15) is 25.8 Å². The molecule has 0 aliphatic heterocycles. The predicted molar refractivity (Wildman–Crippen MR) is 60.1 cm³/mol. The summed E-state index contributed by atoms with van der Waals surface area (Å²) in [6, 6.07) is 2.07. The maximum absolute atomic E-state index is 8.70. The molecule has 1 rings (SSSR count). The number of hydrogen-bond acceptors (Lipinski definition) is 4. The first-order valence-electron chi connectivity index (χ1n) is 4.48. The first kappa shape index (κ1) is 12.0. The molecule has 0 bridgehead atoms. The van der Waals surface area contributed by atoms with Crippen molar-refractivity contribution in [1.29, 1.82) is 5.26 Å². The van der Waals surface area contributed by atoms with Crippen LogP contribution in [-0.2, 0) is 0 Å². The van der Waals surface area contributed by atoms with Crippen molar-refractivity contribution in [2.24, 2.45) is 0 Å². The summed E-state index contributed by atoms with van der Waals surface area (Å²) in [7, 11) is 0. The molecule has 0 aliphatic rings. The van der Waals surface area contributed by atoms with Crippen molar-refractivity contribution in [3.63, 3.8) is 0 Å². The van der Waals surface area contributed by atoms with E-state index in [0.717, 1.165) is 6.42 Å². The van der Waals surface area contributed by atoms with Crippen LogP contribution in [0.25, 0.3) is 0 Å². The fraction of sp³-hybridized carbons (Fsp3) is 0.444. The highest BCUT2D eigenvalue weighted by Crippen LogP contribution is 2.21. The number of nitrogens with one attached hydrogen (secondary N) is 1. The highest BCUT2D eigenvalue weighted by atomic mass is 35.5. The van der Waals surface area contributed by atoms with E-state index in [1.165, 1.54) is 0 Å². The minimum absolute atomic E-state index is 0.0725. The van der Waals surface area contributed by atoms with E-state index in [1.807, 2.05) is 19.9 Å². The highest BCUT2D eigenvalue weighted by molar-refractivity contribution is 6.35. The van der Waals surface area contributed by atoms with Gasteiger partial charge in [-0.2, -0.15) is 15.2 Å². The summed E-state index contributed by atoms with van der Waals surface area (Å²) in [6.07, 6.45) is 0.929. The Kier molecular flexibility index (Phi) is 4.13. The van der Waals surface area contributed by atoms with Gasteiger partial charge in [0.25, 0.3) is 0 Å². The molecule has 4 nitrogen and oxygen atoms in total. The maximum atomic E-state index is 8.70. The van der Waals surface area contributed by atoms with Crippen LogP contribution in [0.3, 0.4) is 0 Å². The van der Waals surface area contributed by atoms with Gasteiger partial charge in [0.05, 0.1) is 0 Å². The molecule has 1 aromatic rings. The lowest BCUT2D eigenvalue weighted by Crippen LogP contribution is -2.16. The van der Waals surface area contributed by atoms with Crippen LogP contribution < -0.4 is 5.32 Å². The summed E-state index contributed by atoms with van der Waals surface area (Å²) in [5, 5.41) is 11.9. The van der Waals surface area contributed by atoms with Gasteiger partial charge in [-0.15, -0.1) is 0 Å². The van der Waals surface area contributed by atoms with Crippen molar-refractivity contribution in [3.05, 3.63) is 15.9 Å². The standard InChI is InChI=1S/C9H10Cl2N4/c1-3-5(2)13-9-14-7(10)6(4-12)8(11)15-9/h5H,3H2,1-2H3,(H,13,14,15). The van der Waals surface area contributed by atoms with E-state index in [4.69, 9.17) is 28.5 Å². The Morgan fingerprint density at radius 3 is 2.33 bits per heavy atom. The number of hydrogen-bond donors (Lipinski definition) is 1. The van der Waals surface area contributed by atoms with E-state index >= 15 is 0 Å². The topological polar surface area (TPSA) is 61.6 Å². The SMILES string of the molecule is CCC(C)Nc1nc(Cl)c(C#N)c(Cl)n1. The van der Waals surface area contributed by atoms with Crippen molar-refractivity contribution in [3.8, 4) is 6.07 Å². The Morgan fingerprint density at radius 2 is 1.93 bits per heavy atom. The predicted octanol–water partition coefficient (Wildman–Crippen LogP) is 2.87. The molecule has 1 aromatic heterocycles. The molecule has 0 aliphatic carbocycles. The Bertz CT molecular complexity index is 377. The van der Waals surface area contributed by atoms with Gasteiger partial charge in [-0.3, -0.25) is 0 Å². The molecular formula is C9H10Cl2N4. The second kappa shape index (κ2) is 5.15. The number of rotatable bonds is 3. The summed E-state index contributed by atoms with van der Waals surface area (Å²) >= 11 is 11.5. The first-order chi connectivity index (χ1) is 7.08. The van der Waals surface area contributed by atoms with E-state index in [1.54, 1.807) is 0 Å². The quantitative estimate of drug-likeness (QED) is 0.831. The van der Waals surface area contributed by atoms with Gasteiger partial charge in [0.2, 0.25) is 5.95 Å². The monoisotopic (exact) mass is 244 g/mol. The molecule has 1 unspecified atom stereocenters. The van der Waals surface area contributed by atoms with Gasteiger partial charge < -0.3 is 5.32 Å². The average molecular weight is 245 g/mol. The molecule has 1 atom stereocenters.